The topological polar surface area (TPSA) is 73.0 Å². The Kier molecular flexibility index (Phi) is 4.73. The molecule has 0 aliphatic carbocycles. The van der Waals surface area contributed by atoms with Gasteiger partial charge in [-0.2, -0.15) is 0 Å². The van der Waals surface area contributed by atoms with Crippen LogP contribution in [0.15, 0.2) is 35.1 Å². The van der Waals surface area contributed by atoms with Crippen molar-refractivity contribution in [1.29, 1.82) is 0 Å². The van der Waals surface area contributed by atoms with Crippen LogP contribution < -0.4 is 5.32 Å². The first kappa shape index (κ1) is 14.5. The molecule has 6 nitrogen and oxygen atoms in total. The van der Waals surface area contributed by atoms with Gasteiger partial charge in [0.2, 0.25) is 0 Å². The minimum absolute atomic E-state index is 0.0626. The summed E-state index contributed by atoms with van der Waals surface area (Å²) in [6.45, 7) is 3.54. The molecule has 2 aromatic rings. The van der Waals surface area contributed by atoms with Gasteiger partial charge in [-0.3, -0.25) is 10.1 Å². The number of non-ortho nitro benzene ring substituents is 1. The smallest absolute Gasteiger partial charge is 0.271 e. The summed E-state index contributed by atoms with van der Waals surface area (Å²) in [5.74, 6) is 0.908. The summed E-state index contributed by atoms with van der Waals surface area (Å²) in [7, 11) is 0. The summed E-state index contributed by atoms with van der Waals surface area (Å²) >= 11 is 3.38. The third-order valence-corrected chi connectivity index (χ3v) is 3.56. The van der Waals surface area contributed by atoms with Gasteiger partial charge in [-0.15, -0.1) is 0 Å². The number of nitro benzene ring substituents is 1. The Hall–Kier alpha value is -1.89. The van der Waals surface area contributed by atoms with Crippen molar-refractivity contribution in [3.8, 4) is 0 Å². The van der Waals surface area contributed by atoms with E-state index in [9.17, 15) is 10.1 Å². The van der Waals surface area contributed by atoms with E-state index in [0.717, 1.165) is 23.3 Å². The van der Waals surface area contributed by atoms with Crippen LogP contribution in [0, 0.1) is 10.1 Å². The van der Waals surface area contributed by atoms with E-state index in [2.05, 4.69) is 37.7 Å². The lowest BCUT2D eigenvalue weighted by Crippen LogP contribution is -2.08. The van der Waals surface area contributed by atoms with Crippen LogP contribution in [0.4, 0.5) is 11.4 Å². The van der Waals surface area contributed by atoms with Gasteiger partial charge in [-0.25, -0.2) is 4.98 Å². The molecule has 1 aromatic carbocycles. The summed E-state index contributed by atoms with van der Waals surface area (Å²) in [4.78, 5) is 14.7. The van der Waals surface area contributed by atoms with Gasteiger partial charge in [-0.05, 0) is 28.4 Å². The van der Waals surface area contributed by atoms with Crippen LogP contribution in [0.5, 0.6) is 0 Å². The van der Waals surface area contributed by atoms with Gasteiger partial charge in [-0.1, -0.05) is 6.92 Å². The Balaban J connectivity index is 2.12. The van der Waals surface area contributed by atoms with Crippen LogP contribution in [0.1, 0.15) is 19.2 Å². The number of halogens is 1. The van der Waals surface area contributed by atoms with Crippen molar-refractivity contribution in [3.63, 3.8) is 0 Å². The first-order valence-electron chi connectivity index (χ1n) is 6.29. The Bertz CT molecular complexity index is 612. The van der Waals surface area contributed by atoms with E-state index in [1.54, 1.807) is 12.3 Å². The zero-order chi connectivity index (χ0) is 14.5. The molecule has 20 heavy (non-hydrogen) atoms. The predicted molar refractivity (Wildman–Crippen MR) is 80.6 cm³/mol. The van der Waals surface area contributed by atoms with Crippen molar-refractivity contribution >= 4 is 27.3 Å². The second-order valence-corrected chi connectivity index (χ2v) is 5.17. The summed E-state index contributed by atoms with van der Waals surface area (Å²) in [6, 6.07) is 4.64. The van der Waals surface area contributed by atoms with Gasteiger partial charge >= 0.3 is 0 Å². The van der Waals surface area contributed by atoms with Crippen molar-refractivity contribution in [2.24, 2.45) is 0 Å². The first-order valence-corrected chi connectivity index (χ1v) is 7.09. The number of hydrogen-bond donors (Lipinski definition) is 1. The standard InChI is InChI=1S/C13H15BrN4O2/c1-2-6-17-7-5-15-13(17)9-16-12-8-10(18(19)20)3-4-11(12)14/h3-5,7-8,16H,2,6,9H2,1H3. The Morgan fingerprint density at radius 2 is 2.30 bits per heavy atom. The summed E-state index contributed by atoms with van der Waals surface area (Å²) < 4.78 is 2.86. The van der Waals surface area contributed by atoms with Crippen molar-refractivity contribution in [2.75, 3.05) is 5.32 Å². The fourth-order valence-corrected chi connectivity index (χ4v) is 2.28. The molecule has 1 heterocycles. The van der Waals surface area contributed by atoms with Gasteiger partial charge < -0.3 is 9.88 Å². The maximum Gasteiger partial charge on any atom is 0.271 e. The number of nitrogens with one attached hydrogen (secondary N) is 1. The zero-order valence-electron chi connectivity index (χ0n) is 11.0. The van der Waals surface area contributed by atoms with Gasteiger partial charge in [0.05, 0.1) is 17.2 Å². The molecule has 0 radical (unpaired) electrons. The molecule has 0 aliphatic rings. The van der Waals surface area contributed by atoms with Gasteiger partial charge in [0.1, 0.15) is 5.82 Å². The number of rotatable bonds is 6. The van der Waals surface area contributed by atoms with Gasteiger partial charge in [0.25, 0.3) is 5.69 Å². The highest BCUT2D eigenvalue weighted by molar-refractivity contribution is 9.10. The largest absolute Gasteiger partial charge is 0.377 e. The predicted octanol–water partition coefficient (Wildman–Crippen LogP) is 3.58. The van der Waals surface area contributed by atoms with Crippen LogP contribution in [-0.2, 0) is 13.1 Å². The lowest BCUT2D eigenvalue weighted by molar-refractivity contribution is -0.384. The van der Waals surface area contributed by atoms with Crippen molar-refractivity contribution in [1.82, 2.24) is 9.55 Å². The first-order chi connectivity index (χ1) is 9.61. The minimum atomic E-state index is -0.407. The maximum absolute atomic E-state index is 10.8. The van der Waals surface area contributed by atoms with Crippen molar-refractivity contribution < 1.29 is 4.92 Å². The van der Waals surface area contributed by atoms with E-state index in [-0.39, 0.29) is 5.69 Å². The number of nitro groups is 1. The quantitative estimate of drug-likeness (QED) is 0.645. The molecule has 0 amide bonds. The fraction of sp³-hybridized carbons (Fsp3) is 0.308. The monoisotopic (exact) mass is 338 g/mol. The molecule has 2 rings (SSSR count). The van der Waals surface area contributed by atoms with Crippen LogP contribution in [-0.4, -0.2) is 14.5 Å². The lowest BCUT2D eigenvalue weighted by atomic mass is 10.3. The number of anilines is 1. The van der Waals surface area contributed by atoms with Crippen molar-refractivity contribution in [3.05, 3.63) is 51.0 Å². The van der Waals surface area contributed by atoms with Crippen LogP contribution >= 0.6 is 15.9 Å². The van der Waals surface area contributed by atoms with Crippen LogP contribution in [0.25, 0.3) is 0 Å². The Labute approximate surface area is 125 Å². The summed E-state index contributed by atoms with van der Waals surface area (Å²) in [5, 5.41) is 14.0. The minimum Gasteiger partial charge on any atom is -0.377 e. The fourth-order valence-electron chi connectivity index (χ4n) is 1.89. The molecule has 0 fully saturated rings. The highest BCUT2D eigenvalue weighted by Gasteiger charge is 2.10. The van der Waals surface area contributed by atoms with Crippen LogP contribution in [0.3, 0.4) is 0 Å². The average molecular weight is 339 g/mol. The normalized spacial score (nSPS) is 10.5. The highest BCUT2D eigenvalue weighted by Crippen LogP contribution is 2.27. The molecule has 0 spiro atoms. The van der Waals surface area contributed by atoms with Crippen LogP contribution in [0.2, 0.25) is 0 Å². The number of benzene rings is 1. The molecule has 7 heteroatoms. The number of imidazole rings is 1. The second kappa shape index (κ2) is 6.51. The van der Waals surface area contributed by atoms with Gasteiger partial charge in [0.15, 0.2) is 0 Å². The number of hydrogen-bond acceptors (Lipinski definition) is 4. The van der Waals surface area contributed by atoms with E-state index < -0.39 is 4.92 Å². The number of aryl methyl sites for hydroxylation is 1. The molecule has 0 unspecified atom stereocenters. The van der Waals surface area contributed by atoms with E-state index in [0.29, 0.717) is 12.2 Å². The van der Waals surface area contributed by atoms with E-state index in [1.165, 1.54) is 12.1 Å². The molecule has 1 N–H and O–H groups in total. The molecule has 0 bridgehead atoms. The number of aromatic nitrogens is 2. The number of nitrogens with zero attached hydrogens (tertiary/aromatic N) is 3. The van der Waals surface area contributed by atoms with Gasteiger partial charge in [0, 0.05) is 35.5 Å². The molecule has 106 valence electrons. The Morgan fingerprint density at radius 3 is 3.00 bits per heavy atom. The average Bonchev–Trinajstić information content (AvgIpc) is 2.85. The molecule has 0 saturated heterocycles. The Morgan fingerprint density at radius 1 is 1.50 bits per heavy atom. The van der Waals surface area contributed by atoms with E-state index in [4.69, 9.17) is 0 Å². The molecule has 0 aliphatic heterocycles. The third-order valence-electron chi connectivity index (χ3n) is 2.86. The lowest BCUT2D eigenvalue weighted by Gasteiger charge is -2.10. The molecule has 0 atom stereocenters. The molecular formula is C13H15BrN4O2. The summed E-state index contributed by atoms with van der Waals surface area (Å²) in [6.07, 6.45) is 4.72. The molecule has 0 saturated carbocycles. The molecular weight excluding hydrogens is 324 g/mol. The third kappa shape index (κ3) is 3.36. The zero-order valence-corrected chi connectivity index (χ0v) is 12.6. The van der Waals surface area contributed by atoms with E-state index >= 15 is 0 Å². The SMILES string of the molecule is CCCn1ccnc1CNc1cc([N+](=O)[O-])ccc1Br. The van der Waals surface area contributed by atoms with E-state index in [1.807, 2.05) is 6.20 Å². The second-order valence-electron chi connectivity index (χ2n) is 4.31. The maximum atomic E-state index is 10.8. The highest BCUT2D eigenvalue weighted by atomic mass is 79.9. The van der Waals surface area contributed by atoms with Crippen molar-refractivity contribution in [2.45, 2.75) is 26.4 Å². The molecule has 1 aromatic heterocycles. The summed E-state index contributed by atoms with van der Waals surface area (Å²) in [5.41, 5.74) is 0.748.